The second-order valence-electron chi connectivity index (χ2n) is 2.51. The predicted molar refractivity (Wildman–Crippen MR) is 54.0 cm³/mol. The van der Waals surface area contributed by atoms with Crippen molar-refractivity contribution in [2.75, 3.05) is 23.3 Å². The largest absolute Gasteiger partial charge is 0.397 e. The first-order chi connectivity index (χ1) is 5.74. The molecule has 3 nitrogen and oxygen atoms in total. The number of nitrogens with two attached hydrogens (primary N) is 2. The number of rotatable bonds is 3. The molecule has 64 valence electrons. The summed E-state index contributed by atoms with van der Waals surface area (Å²) in [5.41, 5.74) is 13.3. The van der Waals surface area contributed by atoms with Gasteiger partial charge < -0.3 is 16.8 Å². The molecule has 0 saturated carbocycles. The summed E-state index contributed by atoms with van der Waals surface area (Å²) in [4.78, 5) is 0. The Morgan fingerprint density at radius 2 is 2.08 bits per heavy atom. The van der Waals surface area contributed by atoms with E-state index in [0.717, 1.165) is 12.2 Å². The van der Waals surface area contributed by atoms with E-state index in [-0.39, 0.29) is 0 Å². The normalized spacial score (nSPS) is 9.33. The van der Waals surface area contributed by atoms with Gasteiger partial charge in [-0.15, -0.1) is 6.58 Å². The van der Waals surface area contributed by atoms with Crippen molar-refractivity contribution < 1.29 is 0 Å². The molecule has 0 aromatic heterocycles. The Labute approximate surface area is 72.1 Å². The molecule has 0 aliphatic rings. The summed E-state index contributed by atoms with van der Waals surface area (Å²) in [6.45, 7) is 4.32. The van der Waals surface area contributed by atoms with E-state index in [1.807, 2.05) is 6.07 Å². The van der Waals surface area contributed by atoms with Crippen LogP contribution in [0.5, 0.6) is 0 Å². The summed E-state index contributed by atoms with van der Waals surface area (Å²) in [7, 11) is 0. The molecular formula is C9H13N3. The summed E-state index contributed by atoms with van der Waals surface area (Å²) >= 11 is 0. The van der Waals surface area contributed by atoms with Gasteiger partial charge in [-0.2, -0.15) is 0 Å². The number of nitrogens with one attached hydrogen (secondary N) is 1. The number of hydrogen-bond donors (Lipinski definition) is 3. The molecule has 0 fully saturated rings. The van der Waals surface area contributed by atoms with Gasteiger partial charge in [0.25, 0.3) is 0 Å². The van der Waals surface area contributed by atoms with E-state index in [4.69, 9.17) is 11.5 Å². The van der Waals surface area contributed by atoms with Gasteiger partial charge in [-0.3, -0.25) is 0 Å². The molecule has 0 aliphatic carbocycles. The summed E-state index contributed by atoms with van der Waals surface area (Å²) in [5, 5.41) is 3.11. The van der Waals surface area contributed by atoms with Crippen LogP contribution in [0.2, 0.25) is 0 Å². The van der Waals surface area contributed by atoms with Crippen molar-refractivity contribution in [2.45, 2.75) is 0 Å². The van der Waals surface area contributed by atoms with Crippen LogP contribution in [0, 0.1) is 0 Å². The fourth-order valence-corrected chi connectivity index (χ4v) is 0.875. The van der Waals surface area contributed by atoms with Crippen molar-refractivity contribution in [3.8, 4) is 0 Å². The van der Waals surface area contributed by atoms with Crippen molar-refractivity contribution in [3.63, 3.8) is 0 Å². The molecule has 5 N–H and O–H groups in total. The average molecular weight is 163 g/mol. The number of hydrogen-bond acceptors (Lipinski definition) is 3. The van der Waals surface area contributed by atoms with E-state index < -0.39 is 0 Å². The highest BCUT2D eigenvalue weighted by molar-refractivity contribution is 5.69. The Hall–Kier alpha value is -1.64. The van der Waals surface area contributed by atoms with E-state index in [1.165, 1.54) is 0 Å². The standard InChI is InChI=1S/C9H13N3/c1-2-5-12-7-3-4-8(10)9(11)6-7/h2-4,6,12H,1,5,10-11H2. The highest BCUT2D eigenvalue weighted by Gasteiger charge is 1.94. The Morgan fingerprint density at radius 3 is 2.67 bits per heavy atom. The maximum Gasteiger partial charge on any atom is 0.0568 e. The Kier molecular flexibility index (Phi) is 2.58. The number of nitrogen functional groups attached to an aromatic ring is 2. The van der Waals surface area contributed by atoms with Gasteiger partial charge in [-0.1, -0.05) is 6.08 Å². The van der Waals surface area contributed by atoms with Gasteiger partial charge in [0, 0.05) is 12.2 Å². The third kappa shape index (κ3) is 1.92. The van der Waals surface area contributed by atoms with Crippen molar-refractivity contribution in [1.82, 2.24) is 0 Å². The van der Waals surface area contributed by atoms with Gasteiger partial charge >= 0.3 is 0 Å². The zero-order chi connectivity index (χ0) is 8.97. The topological polar surface area (TPSA) is 64.1 Å². The highest BCUT2D eigenvalue weighted by atomic mass is 14.9. The molecule has 0 saturated heterocycles. The highest BCUT2D eigenvalue weighted by Crippen LogP contribution is 2.19. The molecule has 0 heterocycles. The van der Waals surface area contributed by atoms with Gasteiger partial charge in [-0.25, -0.2) is 0 Å². The molecular weight excluding hydrogens is 150 g/mol. The molecule has 1 aromatic carbocycles. The fourth-order valence-electron chi connectivity index (χ4n) is 0.875. The van der Waals surface area contributed by atoms with Gasteiger partial charge in [-0.05, 0) is 18.2 Å². The lowest BCUT2D eigenvalue weighted by molar-refractivity contribution is 1.34. The first-order valence-electron chi connectivity index (χ1n) is 3.74. The first kappa shape index (κ1) is 8.46. The summed E-state index contributed by atoms with van der Waals surface area (Å²) in [6, 6.07) is 5.47. The minimum Gasteiger partial charge on any atom is -0.397 e. The molecule has 1 aromatic rings. The zero-order valence-electron chi connectivity index (χ0n) is 6.88. The van der Waals surface area contributed by atoms with E-state index in [2.05, 4.69) is 11.9 Å². The Bertz CT molecular complexity index is 281. The van der Waals surface area contributed by atoms with Crippen molar-refractivity contribution in [1.29, 1.82) is 0 Å². The first-order valence-corrected chi connectivity index (χ1v) is 3.74. The fraction of sp³-hybridized carbons (Fsp3) is 0.111. The quantitative estimate of drug-likeness (QED) is 0.466. The van der Waals surface area contributed by atoms with Crippen LogP contribution in [0.25, 0.3) is 0 Å². The SMILES string of the molecule is C=CCNc1ccc(N)c(N)c1. The van der Waals surface area contributed by atoms with Crippen LogP contribution >= 0.6 is 0 Å². The number of benzene rings is 1. The third-order valence-electron chi connectivity index (χ3n) is 1.54. The minimum absolute atomic E-state index is 0.601. The monoisotopic (exact) mass is 163 g/mol. The third-order valence-corrected chi connectivity index (χ3v) is 1.54. The lowest BCUT2D eigenvalue weighted by Crippen LogP contribution is -2.00. The average Bonchev–Trinajstić information content (AvgIpc) is 2.07. The molecule has 0 bridgehead atoms. The summed E-state index contributed by atoms with van der Waals surface area (Å²) < 4.78 is 0. The summed E-state index contributed by atoms with van der Waals surface area (Å²) in [6.07, 6.45) is 1.78. The minimum atomic E-state index is 0.601. The van der Waals surface area contributed by atoms with Gasteiger partial charge in [0.15, 0.2) is 0 Å². The van der Waals surface area contributed by atoms with Gasteiger partial charge in [0.2, 0.25) is 0 Å². The second kappa shape index (κ2) is 3.67. The lowest BCUT2D eigenvalue weighted by Gasteiger charge is -2.05. The molecule has 3 heteroatoms. The molecule has 0 unspecified atom stereocenters. The molecule has 12 heavy (non-hydrogen) atoms. The lowest BCUT2D eigenvalue weighted by atomic mass is 10.2. The molecule has 1 rings (SSSR count). The van der Waals surface area contributed by atoms with E-state index >= 15 is 0 Å². The van der Waals surface area contributed by atoms with Crippen LogP contribution < -0.4 is 16.8 Å². The predicted octanol–water partition coefficient (Wildman–Crippen LogP) is 1.45. The maximum absolute atomic E-state index is 5.60. The van der Waals surface area contributed by atoms with Crippen molar-refractivity contribution in [2.24, 2.45) is 0 Å². The van der Waals surface area contributed by atoms with Crippen molar-refractivity contribution in [3.05, 3.63) is 30.9 Å². The van der Waals surface area contributed by atoms with Gasteiger partial charge in [0.05, 0.1) is 11.4 Å². The van der Waals surface area contributed by atoms with Crippen LogP contribution in [0.15, 0.2) is 30.9 Å². The summed E-state index contributed by atoms with van der Waals surface area (Å²) in [5.74, 6) is 0. The van der Waals surface area contributed by atoms with Crippen LogP contribution in [0.3, 0.4) is 0 Å². The van der Waals surface area contributed by atoms with Crippen LogP contribution in [0.4, 0.5) is 17.1 Å². The van der Waals surface area contributed by atoms with Crippen LogP contribution in [-0.2, 0) is 0 Å². The maximum atomic E-state index is 5.60. The Morgan fingerprint density at radius 1 is 1.33 bits per heavy atom. The van der Waals surface area contributed by atoms with Gasteiger partial charge in [0.1, 0.15) is 0 Å². The molecule has 0 spiro atoms. The van der Waals surface area contributed by atoms with E-state index in [9.17, 15) is 0 Å². The van der Waals surface area contributed by atoms with Crippen LogP contribution in [0.1, 0.15) is 0 Å². The van der Waals surface area contributed by atoms with Crippen LogP contribution in [-0.4, -0.2) is 6.54 Å². The zero-order valence-corrected chi connectivity index (χ0v) is 6.88. The molecule has 0 aliphatic heterocycles. The smallest absolute Gasteiger partial charge is 0.0568 e. The van der Waals surface area contributed by atoms with E-state index in [0.29, 0.717) is 11.4 Å². The van der Waals surface area contributed by atoms with E-state index in [1.54, 1.807) is 18.2 Å². The number of anilines is 3. The molecule has 0 amide bonds. The molecule has 0 atom stereocenters. The Balaban J connectivity index is 2.75. The second-order valence-corrected chi connectivity index (χ2v) is 2.51. The molecule has 0 radical (unpaired) electrons. The van der Waals surface area contributed by atoms with Crippen molar-refractivity contribution >= 4 is 17.1 Å².